The van der Waals surface area contributed by atoms with E-state index in [2.05, 4.69) is 41.5 Å². The van der Waals surface area contributed by atoms with Crippen molar-refractivity contribution in [3.8, 4) is 0 Å². The molecule has 1 aliphatic heterocycles. The van der Waals surface area contributed by atoms with Gasteiger partial charge in [0.05, 0.1) is 10.7 Å². The normalized spacial score (nSPS) is 15.5. The number of anilines is 1. The van der Waals surface area contributed by atoms with E-state index in [1.807, 2.05) is 0 Å². The number of benzene rings is 2. The molecule has 0 aliphatic carbocycles. The van der Waals surface area contributed by atoms with Gasteiger partial charge in [0.2, 0.25) is 10.0 Å². The van der Waals surface area contributed by atoms with Crippen molar-refractivity contribution in [2.45, 2.75) is 18.2 Å². The summed E-state index contributed by atoms with van der Waals surface area (Å²) in [6.07, 6.45) is 0.791. The fraction of sp³-hybridized carbons (Fsp3) is 0.286. The summed E-state index contributed by atoms with van der Waals surface area (Å²) in [5, 5.41) is 3.53. The Morgan fingerprint density at radius 1 is 1.07 bits per heavy atom. The van der Waals surface area contributed by atoms with Crippen LogP contribution in [0.5, 0.6) is 0 Å². The lowest BCUT2D eigenvalue weighted by atomic mass is 10.1. The number of sulfonamides is 1. The van der Waals surface area contributed by atoms with E-state index in [0.717, 1.165) is 17.2 Å². The Morgan fingerprint density at radius 3 is 2.57 bits per heavy atom. The first-order chi connectivity index (χ1) is 14.3. The van der Waals surface area contributed by atoms with Gasteiger partial charge in [0, 0.05) is 43.0 Å². The van der Waals surface area contributed by atoms with Crippen LogP contribution in [0, 0.1) is 6.92 Å². The van der Waals surface area contributed by atoms with Crippen LogP contribution in [0.25, 0.3) is 0 Å². The lowest BCUT2D eigenvalue weighted by molar-refractivity contribution is 0.384. The highest BCUT2D eigenvalue weighted by atomic mass is 35.5. The van der Waals surface area contributed by atoms with E-state index in [4.69, 9.17) is 28.2 Å². The Labute approximate surface area is 190 Å². The Balaban J connectivity index is 1.42. The molecule has 0 unspecified atom stereocenters. The van der Waals surface area contributed by atoms with Crippen molar-refractivity contribution in [2.75, 3.05) is 31.1 Å². The number of hydrogen-bond donors (Lipinski definition) is 0. The highest BCUT2D eigenvalue weighted by Crippen LogP contribution is 2.29. The van der Waals surface area contributed by atoms with E-state index < -0.39 is 10.0 Å². The third-order valence-electron chi connectivity index (χ3n) is 5.03. The molecule has 0 atom stereocenters. The van der Waals surface area contributed by atoms with Crippen molar-refractivity contribution in [3.05, 3.63) is 74.7 Å². The van der Waals surface area contributed by atoms with Gasteiger partial charge >= 0.3 is 0 Å². The van der Waals surface area contributed by atoms with Crippen LogP contribution < -0.4 is 4.90 Å². The molecule has 2 heterocycles. The first-order valence-corrected chi connectivity index (χ1v) is 12.6. The third-order valence-corrected chi connectivity index (χ3v) is 8.59. The maximum Gasteiger partial charge on any atom is 0.244 e. The van der Waals surface area contributed by atoms with Gasteiger partial charge in [0.15, 0.2) is 5.13 Å². The molecule has 158 valence electrons. The molecule has 30 heavy (non-hydrogen) atoms. The van der Waals surface area contributed by atoms with Crippen LogP contribution in [0.3, 0.4) is 0 Å². The molecule has 0 bridgehead atoms. The second-order valence-electron chi connectivity index (χ2n) is 7.25. The summed E-state index contributed by atoms with van der Waals surface area (Å²) in [6, 6.07) is 12.9. The number of thiazole rings is 1. The highest BCUT2D eigenvalue weighted by molar-refractivity contribution is 7.89. The van der Waals surface area contributed by atoms with E-state index >= 15 is 0 Å². The maximum atomic E-state index is 13.0. The quantitative estimate of drug-likeness (QED) is 0.521. The first-order valence-electron chi connectivity index (χ1n) is 9.53. The Hall–Kier alpha value is -1.64. The predicted molar refractivity (Wildman–Crippen MR) is 124 cm³/mol. The first kappa shape index (κ1) is 21.6. The van der Waals surface area contributed by atoms with Gasteiger partial charge in [-0.15, -0.1) is 11.3 Å². The zero-order chi connectivity index (χ0) is 21.3. The average molecular weight is 482 g/mol. The van der Waals surface area contributed by atoms with E-state index in [0.29, 0.717) is 31.2 Å². The minimum atomic E-state index is -3.69. The smallest absolute Gasteiger partial charge is 0.244 e. The van der Waals surface area contributed by atoms with Crippen LogP contribution in [0.15, 0.2) is 52.7 Å². The lowest BCUT2D eigenvalue weighted by Gasteiger charge is -2.34. The summed E-state index contributed by atoms with van der Waals surface area (Å²) >= 11 is 13.7. The molecule has 5 nitrogen and oxygen atoms in total. The Morgan fingerprint density at radius 2 is 1.83 bits per heavy atom. The average Bonchev–Trinajstić information content (AvgIpc) is 3.18. The molecule has 9 heteroatoms. The SMILES string of the molecule is Cc1cccc(Cc2csc(N3CCN(S(=O)(=O)c4cc(Cl)ccc4Cl)CC3)n2)c1. The molecule has 0 N–H and O–H groups in total. The summed E-state index contributed by atoms with van der Waals surface area (Å²) in [5.41, 5.74) is 3.50. The van der Waals surface area contributed by atoms with Gasteiger partial charge in [-0.25, -0.2) is 13.4 Å². The standard InChI is InChI=1S/C21H21Cl2N3O2S2/c1-15-3-2-4-16(11-15)12-18-14-29-21(24-18)25-7-9-26(10-8-25)30(27,28)20-13-17(22)5-6-19(20)23/h2-6,11,13-14H,7-10,12H2,1H3. The van der Waals surface area contributed by atoms with Crippen LogP contribution in [0.1, 0.15) is 16.8 Å². The van der Waals surface area contributed by atoms with Crippen LogP contribution in [-0.2, 0) is 16.4 Å². The van der Waals surface area contributed by atoms with Crippen LogP contribution in [0.2, 0.25) is 10.0 Å². The molecule has 0 amide bonds. The minimum Gasteiger partial charge on any atom is -0.345 e. The number of aryl methyl sites for hydroxylation is 1. The van der Waals surface area contributed by atoms with Gasteiger partial charge in [-0.2, -0.15) is 4.31 Å². The fourth-order valence-corrected chi connectivity index (χ4v) is 6.53. The largest absolute Gasteiger partial charge is 0.345 e. The number of halogens is 2. The molecule has 1 fully saturated rings. The number of piperazine rings is 1. The number of nitrogens with zero attached hydrogens (tertiary/aromatic N) is 3. The summed E-state index contributed by atoms with van der Waals surface area (Å²) in [7, 11) is -3.69. The third kappa shape index (κ3) is 4.65. The van der Waals surface area contributed by atoms with Gasteiger partial charge < -0.3 is 4.90 Å². The molecule has 1 saturated heterocycles. The molecule has 0 saturated carbocycles. The van der Waals surface area contributed by atoms with Crippen LogP contribution >= 0.6 is 34.5 Å². The maximum absolute atomic E-state index is 13.0. The molecule has 4 rings (SSSR count). The summed E-state index contributed by atoms with van der Waals surface area (Å²) in [6.45, 7) is 3.99. The van der Waals surface area contributed by atoms with Crippen molar-refractivity contribution in [1.29, 1.82) is 0 Å². The molecule has 2 aromatic carbocycles. The van der Waals surface area contributed by atoms with Crippen molar-refractivity contribution in [1.82, 2.24) is 9.29 Å². The zero-order valence-electron chi connectivity index (χ0n) is 16.4. The highest BCUT2D eigenvalue weighted by Gasteiger charge is 2.31. The Bertz CT molecular complexity index is 1160. The topological polar surface area (TPSA) is 53.5 Å². The molecule has 0 spiro atoms. The summed E-state index contributed by atoms with van der Waals surface area (Å²) in [5.74, 6) is 0. The number of hydrogen-bond acceptors (Lipinski definition) is 5. The predicted octanol–water partition coefficient (Wildman–Crippen LogP) is 4.86. The molecule has 1 aliphatic rings. The second-order valence-corrected chi connectivity index (χ2v) is 10.8. The molecule has 0 radical (unpaired) electrons. The molecule has 1 aromatic heterocycles. The Kier molecular flexibility index (Phi) is 6.36. The number of aromatic nitrogens is 1. The van der Waals surface area contributed by atoms with Gasteiger partial charge in [-0.3, -0.25) is 0 Å². The van der Waals surface area contributed by atoms with Gasteiger partial charge in [-0.1, -0.05) is 53.0 Å². The molecular weight excluding hydrogens is 461 g/mol. The van der Waals surface area contributed by atoms with E-state index in [1.54, 1.807) is 17.4 Å². The van der Waals surface area contributed by atoms with Crippen molar-refractivity contribution >= 4 is 49.7 Å². The van der Waals surface area contributed by atoms with Gasteiger partial charge in [0.1, 0.15) is 4.90 Å². The van der Waals surface area contributed by atoms with Crippen molar-refractivity contribution in [2.24, 2.45) is 0 Å². The number of rotatable bonds is 5. The van der Waals surface area contributed by atoms with Crippen molar-refractivity contribution in [3.63, 3.8) is 0 Å². The molecular formula is C21H21Cl2N3O2S2. The zero-order valence-corrected chi connectivity index (χ0v) is 19.5. The van der Waals surface area contributed by atoms with E-state index in [-0.39, 0.29) is 9.92 Å². The van der Waals surface area contributed by atoms with Crippen LogP contribution in [-0.4, -0.2) is 43.9 Å². The van der Waals surface area contributed by atoms with Gasteiger partial charge in [-0.05, 0) is 30.7 Å². The van der Waals surface area contributed by atoms with Crippen molar-refractivity contribution < 1.29 is 8.42 Å². The lowest BCUT2D eigenvalue weighted by Crippen LogP contribution is -2.48. The summed E-state index contributed by atoms with van der Waals surface area (Å²) < 4.78 is 27.4. The summed E-state index contributed by atoms with van der Waals surface area (Å²) in [4.78, 5) is 6.96. The van der Waals surface area contributed by atoms with Gasteiger partial charge in [0.25, 0.3) is 0 Å². The van der Waals surface area contributed by atoms with E-state index in [9.17, 15) is 8.42 Å². The minimum absolute atomic E-state index is 0.0554. The second kappa shape index (κ2) is 8.85. The monoisotopic (exact) mass is 481 g/mol. The van der Waals surface area contributed by atoms with E-state index in [1.165, 1.54) is 27.6 Å². The fourth-order valence-electron chi connectivity index (χ4n) is 3.49. The van der Waals surface area contributed by atoms with Crippen LogP contribution in [0.4, 0.5) is 5.13 Å². The molecule has 3 aromatic rings.